The van der Waals surface area contributed by atoms with E-state index in [2.05, 4.69) is 17.3 Å². The van der Waals surface area contributed by atoms with Gasteiger partial charge in [-0.25, -0.2) is 4.79 Å². The van der Waals surface area contributed by atoms with Crippen molar-refractivity contribution in [3.05, 3.63) is 0 Å². The van der Waals surface area contributed by atoms with Crippen LogP contribution in [0.25, 0.3) is 0 Å². The van der Waals surface area contributed by atoms with E-state index in [1.165, 1.54) is 0 Å². The van der Waals surface area contributed by atoms with Crippen LogP contribution in [-0.4, -0.2) is 67.8 Å². The average Bonchev–Trinajstić information content (AvgIpc) is 2.23. The Morgan fingerprint density at radius 3 is 2.61 bits per heavy atom. The van der Waals surface area contributed by atoms with Gasteiger partial charge in [0.15, 0.2) is 0 Å². The highest BCUT2D eigenvalue weighted by Gasteiger charge is 2.31. The first kappa shape index (κ1) is 15.2. The van der Waals surface area contributed by atoms with Gasteiger partial charge in [0, 0.05) is 25.7 Å². The number of likely N-dealkylation sites (N-methyl/N-ethyl adjacent to an activating group) is 1. The third kappa shape index (κ3) is 4.82. The Balaban J connectivity index is 2.61. The van der Waals surface area contributed by atoms with Crippen LogP contribution < -0.4 is 5.32 Å². The SMILES string of the molecule is CNCCC1CN(C)CCN1C(=O)OC(C)(C)C. The van der Waals surface area contributed by atoms with Crippen LogP contribution in [-0.2, 0) is 4.74 Å². The number of piperazine rings is 1. The standard InChI is InChI=1S/C13H27N3O2/c1-13(2,3)18-12(17)16-9-8-15(5)10-11(16)6-7-14-4/h11,14H,6-10H2,1-5H3. The molecule has 5 heteroatoms. The largest absolute Gasteiger partial charge is 0.444 e. The number of ether oxygens (including phenoxy) is 1. The Bertz CT molecular complexity index is 276. The van der Waals surface area contributed by atoms with Crippen molar-refractivity contribution in [2.45, 2.75) is 38.8 Å². The zero-order valence-corrected chi connectivity index (χ0v) is 12.3. The van der Waals surface area contributed by atoms with Crippen LogP contribution in [0.2, 0.25) is 0 Å². The van der Waals surface area contributed by atoms with Gasteiger partial charge in [-0.15, -0.1) is 0 Å². The van der Waals surface area contributed by atoms with Gasteiger partial charge in [-0.2, -0.15) is 0 Å². The van der Waals surface area contributed by atoms with Crippen molar-refractivity contribution in [3.63, 3.8) is 0 Å². The van der Waals surface area contributed by atoms with Crippen molar-refractivity contribution < 1.29 is 9.53 Å². The maximum Gasteiger partial charge on any atom is 0.410 e. The number of nitrogens with zero attached hydrogens (tertiary/aromatic N) is 2. The molecule has 106 valence electrons. The van der Waals surface area contributed by atoms with Crippen molar-refractivity contribution in [2.24, 2.45) is 0 Å². The van der Waals surface area contributed by atoms with Gasteiger partial charge in [0.25, 0.3) is 0 Å². The van der Waals surface area contributed by atoms with E-state index in [9.17, 15) is 4.79 Å². The first-order valence-corrected chi connectivity index (χ1v) is 6.66. The molecule has 1 N–H and O–H groups in total. The molecule has 0 radical (unpaired) electrons. The average molecular weight is 257 g/mol. The summed E-state index contributed by atoms with van der Waals surface area (Å²) in [7, 11) is 4.03. The number of amides is 1. The van der Waals surface area contributed by atoms with Crippen molar-refractivity contribution in [1.29, 1.82) is 0 Å². The third-order valence-corrected chi connectivity index (χ3v) is 3.04. The van der Waals surface area contributed by atoms with Crippen molar-refractivity contribution in [3.8, 4) is 0 Å². The van der Waals surface area contributed by atoms with Crippen LogP contribution >= 0.6 is 0 Å². The molecule has 1 aliphatic heterocycles. The molecule has 1 aliphatic rings. The van der Waals surface area contributed by atoms with Crippen LogP contribution in [0, 0.1) is 0 Å². The second-order valence-electron chi connectivity index (χ2n) is 5.98. The van der Waals surface area contributed by atoms with Gasteiger partial charge in [-0.3, -0.25) is 0 Å². The maximum absolute atomic E-state index is 12.2. The molecule has 1 saturated heterocycles. The second kappa shape index (κ2) is 6.38. The molecule has 0 aromatic heterocycles. The third-order valence-electron chi connectivity index (χ3n) is 3.04. The lowest BCUT2D eigenvalue weighted by atomic mass is 10.1. The number of rotatable bonds is 3. The quantitative estimate of drug-likeness (QED) is 0.824. The Morgan fingerprint density at radius 1 is 1.39 bits per heavy atom. The van der Waals surface area contributed by atoms with Gasteiger partial charge in [-0.05, 0) is 47.8 Å². The molecule has 0 spiro atoms. The van der Waals surface area contributed by atoms with Crippen LogP contribution in [0.4, 0.5) is 4.79 Å². The van der Waals surface area contributed by atoms with Crippen molar-refractivity contribution >= 4 is 6.09 Å². The molecule has 5 nitrogen and oxygen atoms in total. The number of nitrogens with one attached hydrogen (secondary N) is 1. The molecule has 1 unspecified atom stereocenters. The van der Waals surface area contributed by atoms with E-state index in [0.717, 1.165) is 32.6 Å². The second-order valence-corrected chi connectivity index (χ2v) is 5.98. The molecule has 0 aliphatic carbocycles. The van der Waals surface area contributed by atoms with Crippen molar-refractivity contribution in [1.82, 2.24) is 15.1 Å². The topological polar surface area (TPSA) is 44.8 Å². The molecule has 0 aromatic rings. The molecule has 1 fully saturated rings. The summed E-state index contributed by atoms with van der Waals surface area (Å²) >= 11 is 0. The number of carbonyl (C=O) groups is 1. The minimum atomic E-state index is -0.423. The molecule has 1 heterocycles. The predicted molar refractivity (Wildman–Crippen MR) is 72.8 cm³/mol. The normalized spacial score (nSPS) is 22.1. The highest BCUT2D eigenvalue weighted by molar-refractivity contribution is 5.68. The molecule has 1 atom stereocenters. The Labute approximate surface area is 110 Å². The summed E-state index contributed by atoms with van der Waals surface area (Å²) in [5, 5.41) is 3.14. The minimum absolute atomic E-state index is 0.184. The maximum atomic E-state index is 12.2. The lowest BCUT2D eigenvalue weighted by Crippen LogP contribution is -2.55. The van der Waals surface area contributed by atoms with Gasteiger partial charge in [0.1, 0.15) is 5.60 Å². The van der Waals surface area contributed by atoms with Gasteiger partial charge < -0.3 is 19.9 Å². The summed E-state index contributed by atoms with van der Waals surface area (Å²) in [4.78, 5) is 16.3. The number of hydrogen-bond acceptors (Lipinski definition) is 4. The molecular weight excluding hydrogens is 230 g/mol. The molecular formula is C13H27N3O2. The van der Waals surface area contributed by atoms with E-state index in [-0.39, 0.29) is 12.1 Å². The highest BCUT2D eigenvalue weighted by Crippen LogP contribution is 2.16. The van der Waals surface area contributed by atoms with Crippen LogP contribution in [0.5, 0.6) is 0 Å². The van der Waals surface area contributed by atoms with E-state index in [1.807, 2.05) is 32.7 Å². The lowest BCUT2D eigenvalue weighted by Gasteiger charge is -2.40. The molecule has 1 amide bonds. The first-order valence-electron chi connectivity index (χ1n) is 6.66. The number of carbonyl (C=O) groups excluding carboxylic acids is 1. The van der Waals surface area contributed by atoms with Crippen molar-refractivity contribution in [2.75, 3.05) is 40.3 Å². The summed E-state index contributed by atoms with van der Waals surface area (Å²) in [5.41, 5.74) is -0.423. The fourth-order valence-corrected chi connectivity index (χ4v) is 2.13. The van der Waals surface area contributed by atoms with Gasteiger partial charge in [0.2, 0.25) is 0 Å². The van der Waals surface area contributed by atoms with Gasteiger partial charge in [-0.1, -0.05) is 0 Å². The van der Waals surface area contributed by atoms with E-state index in [0.29, 0.717) is 0 Å². The summed E-state index contributed by atoms with van der Waals surface area (Å²) < 4.78 is 5.47. The zero-order valence-electron chi connectivity index (χ0n) is 12.3. The van der Waals surface area contributed by atoms with E-state index in [4.69, 9.17) is 4.74 Å². The monoisotopic (exact) mass is 257 g/mol. The first-order chi connectivity index (χ1) is 8.33. The van der Waals surface area contributed by atoms with E-state index < -0.39 is 5.60 Å². The van der Waals surface area contributed by atoms with Gasteiger partial charge in [0.05, 0.1) is 0 Å². The summed E-state index contributed by atoms with van der Waals surface area (Å²) in [6.45, 7) is 9.21. The summed E-state index contributed by atoms with van der Waals surface area (Å²) in [6, 6.07) is 0.242. The Kier molecular flexibility index (Phi) is 5.41. The Hall–Kier alpha value is -0.810. The minimum Gasteiger partial charge on any atom is -0.444 e. The summed E-state index contributed by atoms with van der Waals surface area (Å²) in [5.74, 6) is 0. The van der Waals surface area contributed by atoms with E-state index >= 15 is 0 Å². The van der Waals surface area contributed by atoms with Crippen LogP contribution in [0.3, 0.4) is 0 Å². The van der Waals surface area contributed by atoms with E-state index in [1.54, 1.807) is 0 Å². The molecule has 0 aromatic carbocycles. The smallest absolute Gasteiger partial charge is 0.410 e. The predicted octanol–water partition coefficient (Wildman–Crippen LogP) is 1.15. The van der Waals surface area contributed by atoms with Crippen LogP contribution in [0.15, 0.2) is 0 Å². The lowest BCUT2D eigenvalue weighted by molar-refractivity contribution is 0.000465. The molecule has 1 rings (SSSR count). The highest BCUT2D eigenvalue weighted by atomic mass is 16.6. The Morgan fingerprint density at radius 2 is 2.06 bits per heavy atom. The molecule has 0 saturated carbocycles. The summed E-state index contributed by atoms with van der Waals surface area (Å²) in [6.07, 6.45) is 0.775. The molecule has 0 bridgehead atoms. The zero-order chi connectivity index (χ0) is 13.8. The fourth-order valence-electron chi connectivity index (χ4n) is 2.13. The number of hydrogen-bond donors (Lipinski definition) is 1. The van der Waals surface area contributed by atoms with Crippen LogP contribution in [0.1, 0.15) is 27.2 Å². The molecule has 18 heavy (non-hydrogen) atoms. The van der Waals surface area contributed by atoms with Gasteiger partial charge >= 0.3 is 6.09 Å². The fraction of sp³-hybridized carbons (Fsp3) is 0.923.